The van der Waals surface area contributed by atoms with Gasteiger partial charge in [0.15, 0.2) is 0 Å². The Bertz CT molecular complexity index is 1030. The highest BCUT2D eigenvalue weighted by Gasteiger charge is 2.82. The van der Waals surface area contributed by atoms with Gasteiger partial charge in [0, 0.05) is 16.5 Å². The molecule has 0 unspecified atom stereocenters. The van der Waals surface area contributed by atoms with Crippen LogP contribution in [0.5, 0.6) is 0 Å². The quantitative estimate of drug-likeness (QED) is 0.571. The largest absolute Gasteiger partial charge is 0.460 e. The molecule has 0 spiro atoms. The lowest BCUT2D eigenvalue weighted by molar-refractivity contribution is -0.400. The number of amides is 1. The van der Waals surface area contributed by atoms with Gasteiger partial charge >= 0.3 is 18.0 Å². The number of nitrogens with zero attached hydrogens (tertiary/aromatic N) is 2. The molecule has 0 radical (unpaired) electrons. The topological polar surface area (TPSA) is 52.9 Å². The van der Waals surface area contributed by atoms with Crippen molar-refractivity contribution in [3.8, 4) is 0 Å². The Labute approximate surface area is 179 Å². The van der Waals surface area contributed by atoms with Crippen LogP contribution < -0.4 is 0 Å². The van der Waals surface area contributed by atoms with Crippen LogP contribution in [0.2, 0.25) is 0 Å². The third kappa shape index (κ3) is 3.71. The number of benzene rings is 2. The molecule has 166 valence electrons. The van der Waals surface area contributed by atoms with Crippen LogP contribution in [0.4, 0.5) is 30.7 Å². The normalized spacial score (nSPS) is 20.0. The highest BCUT2D eigenvalue weighted by atomic mass is 79.9. The molecule has 0 saturated heterocycles. The number of hydrogen-bond acceptors (Lipinski definition) is 3. The van der Waals surface area contributed by atoms with Gasteiger partial charge in [-0.3, -0.25) is 4.79 Å². The maximum Gasteiger partial charge on any atom is 0.460 e. The van der Waals surface area contributed by atoms with E-state index in [0.717, 1.165) is 12.1 Å². The van der Waals surface area contributed by atoms with Crippen molar-refractivity contribution in [3.05, 3.63) is 70.2 Å². The monoisotopic (exact) mass is 512 g/mol. The molecule has 1 atom stereocenters. The minimum atomic E-state index is -6.70. The van der Waals surface area contributed by atoms with E-state index in [1.165, 1.54) is 42.5 Å². The summed E-state index contributed by atoms with van der Waals surface area (Å²) in [5.74, 6) is -14.3. The maximum atomic E-state index is 14.7. The van der Waals surface area contributed by atoms with Crippen LogP contribution >= 0.6 is 15.9 Å². The summed E-state index contributed by atoms with van der Waals surface area (Å²) in [6, 6.07) is 12.0. The molecule has 0 aromatic heterocycles. The summed E-state index contributed by atoms with van der Waals surface area (Å²) in [4.78, 5) is 12.8. The molecule has 12 heteroatoms. The summed E-state index contributed by atoms with van der Waals surface area (Å²) in [5, 5.41) is 13.7. The number of rotatable bonds is 4. The van der Waals surface area contributed by atoms with E-state index in [-0.39, 0.29) is 11.1 Å². The molecule has 3 rings (SSSR count). The predicted molar refractivity (Wildman–Crippen MR) is 98.8 cm³/mol. The van der Waals surface area contributed by atoms with Crippen LogP contribution in [0.1, 0.15) is 22.3 Å². The lowest BCUT2D eigenvalue weighted by Gasteiger charge is -2.41. The highest BCUT2D eigenvalue weighted by molar-refractivity contribution is 9.10. The molecule has 1 heterocycles. The van der Waals surface area contributed by atoms with Crippen LogP contribution in [0.3, 0.4) is 0 Å². The van der Waals surface area contributed by atoms with E-state index in [1.54, 1.807) is 0 Å². The number of carbonyl (C=O) groups excluding carboxylic acids is 1. The first-order valence-corrected chi connectivity index (χ1v) is 9.29. The van der Waals surface area contributed by atoms with E-state index < -0.39 is 46.8 Å². The van der Waals surface area contributed by atoms with Crippen molar-refractivity contribution in [1.29, 1.82) is 0 Å². The van der Waals surface area contributed by atoms with Crippen LogP contribution in [-0.2, 0) is 0 Å². The standard InChI is InChI=1S/C19H12BrF7N2O2/c20-13-8-4-7-12(9-13)15(30)29-16(31,17(21,22)18(23,24)19(25,26)27)10-14(28-29)11-5-2-1-3-6-11/h1-9,31H,10H2/t16-/m1/s1. The van der Waals surface area contributed by atoms with Crippen molar-refractivity contribution in [2.45, 2.75) is 30.2 Å². The smallest absolute Gasteiger partial charge is 0.364 e. The molecule has 1 amide bonds. The molecule has 2 aromatic carbocycles. The van der Waals surface area contributed by atoms with E-state index in [9.17, 15) is 40.6 Å². The van der Waals surface area contributed by atoms with Crippen LogP contribution in [0, 0.1) is 0 Å². The summed E-state index contributed by atoms with van der Waals surface area (Å²) in [6.45, 7) is 0. The molecule has 0 aliphatic carbocycles. The van der Waals surface area contributed by atoms with Crippen LogP contribution in [0.15, 0.2) is 64.2 Å². The molecule has 2 aromatic rings. The van der Waals surface area contributed by atoms with E-state index in [1.807, 2.05) is 0 Å². The van der Waals surface area contributed by atoms with E-state index in [0.29, 0.717) is 4.47 Å². The Kier molecular flexibility index (Phi) is 5.68. The second kappa shape index (κ2) is 7.59. The van der Waals surface area contributed by atoms with Gasteiger partial charge in [-0.25, -0.2) is 0 Å². The molecule has 0 fully saturated rings. The fourth-order valence-electron chi connectivity index (χ4n) is 2.97. The Hall–Kier alpha value is -2.47. The second-order valence-electron chi connectivity index (χ2n) is 6.68. The number of hydrazone groups is 1. The van der Waals surface area contributed by atoms with Crippen molar-refractivity contribution in [1.82, 2.24) is 5.01 Å². The third-order valence-corrected chi connectivity index (χ3v) is 5.10. The van der Waals surface area contributed by atoms with Crippen molar-refractivity contribution >= 4 is 27.5 Å². The van der Waals surface area contributed by atoms with Crippen molar-refractivity contribution in [2.24, 2.45) is 5.10 Å². The minimum Gasteiger partial charge on any atom is -0.364 e. The Balaban J connectivity index is 2.16. The Morgan fingerprint density at radius 2 is 1.61 bits per heavy atom. The molecule has 31 heavy (non-hydrogen) atoms. The van der Waals surface area contributed by atoms with Gasteiger partial charge in [0.1, 0.15) is 0 Å². The first kappa shape index (κ1) is 23.2. The number of hydrogen-bond donors (Lipinski definition) is 1. The summed E-state index contributed by atoms with van der Waals surface area (Å²) < 4.78 is 95.6. The maximum absolute atomic E-state index is 14.7. The lowest BCUT2D eigenvalue weighted by Crippen LogP contribution is -2.69. The fraction of sp³-hybridized carbons (Fsp3) is 0.263. The zero-order valence-electron chi connectivity index (χ0n) is 15.2. The Morgan fingerprint density at radius 3 is 2.16 bits per heavy atom. The molecular formula is C19H12BrF7N2O2. The fourth-order valence-corrected chi connectivity index (χ4v) is 3.37. The SMILES string of the molecule is O=C(c1cccc(Br)c1)N1N=C(c2ccccc2)C[C@@]1(O)C(F)(F)C(F)(F)C(F)(F)F. The van der Waals surface area contributed by atoms with Gasteiger partial charge in [0.05, 0.1) is 5.71 Å². The van der Waals surface area contributed by atoms with Crippen LogP contribution in [-0.4, -0.2) is 45.5 Å². The summed E-state index contributed by atoms with van der Waals surface area (Å²) >= 11 is 3.03. The molecule has 1 aliphatic heterocycles. The van der Waals surface area contributed by atoms with E-state index in [4.69, 9.17) is 0 Å². The lowest BCUT2D eigenvalue weighted by atomic mass is 9.91. The molecule has 4 nitrogen and oxygen atoms in total. The molecule has 1 N–H and O–H groups in total. The van der Waals surface area contributed by atoms with Gasteiger partial charge < -0.3 is 5.11 Å². The molecule has 0 saturated carbocycles. The van der Waals surface area contributed by atoms with Gasteiger partial charge in [-0.15, -0.1) is 0 Å². The highest BCUT2D eigenvalue weighted by Crippen LogP contribution is 2.54. The molecular weight excluding hydrogens is 501 g/mol. The molecule has 0 bridgehead atoms. The number of carbonyl (C=O) groups is 1. The average Bonchev–Trinajstić information content (AvgIpc) is 3.06. The predicted octanol–water partition coefficient (Wildman–Crippen LogP) is 5.22. The summed E-state index contributed by atoms with van der Waals surface area (Å²) in [6.07, 6.45) is -8.17. The number of aliphatic hydroxyl groups is 1. The first-order chi connectivity index (χ1) is 14.2. The molecule has 1 aliphatic rings. The summed E-state index contributed by atoms with van der Waals surface area (Å²) in [7, 11) is 0. The van der Waals surface area contributed by atoms with Gasteiger partial charge in [-0.05, 0) is 23.8 Å². The minimum absolute atomic E-state index is 0.0524. The average molecular weight is 513 g/mol. The first-order valence-electron chi connectivity index (χ1n) is 8.50. The van der Waals surface area contributed by atoms with Crippen LogP contribution in [0.25, 0.3) is 0 Å². The number of halogens is 8. The second-order valence-corrected chi connectivity index (χ2v) is 7.60. The van der Waals surface area contributed by atoms with E-state index in [2.05, 4.69) is 21.0 Å². The van der Waals surface area contributed by atoms with E-state index >= 15 is 0 Å². The van der Waals surface area contributed by atoms with Crippen molar-refractivity contribution in [2.75, 3.05) is 0 Å². The van der Waals surface area contributed by atoms with Gasteiger partial charge in [-0.2, -0.15) is 40.8 Å². The van der Waals surface area contributed by atoms with Gasteiger partial charge in [-0.1, -0.05) is 52.3 Å². The van der Waals surface area contributed by atoms with Gasteiger partial charge in [0.25, 0.3) is 5.91 Å². The zero-order valence-corrected chi connectivity index (χ0v) is 16.8. The van der Waals surface area contributed by atoms with Crippen molar-refractivity contribution < 1.29 is 40.6 Å². The summed E-state index contributed by atoms with van der Waals surface area (Å²) in [5.41, 5.74) is -5.09. The van der Waals surface area contributed by atoms with Crippen molar-refractivity contribution in [3.63, 3.8) is 0 Å². The van der Waals surface area contributed by atoms with Gasteiger partial charge in [0.2, 0.25) is 5.72 Å². The third-order valence-electron chi connectivity index (χ3n) is 4.61. The Morgan fingerprint density at radius 1 is 1.00 bits per heavy atom. The number of alkyl halides is 7. The zero-order chi connectivity index (χ0) is 23.2.